The average molecular weight is 458 g/mol. The number of hydrogen-bond acceptors (Lipinski definition) is 7. The molecule has 2 saturated heterocycles. The van der Waals surface area contributed by atoms with Crippen molar-refractivity contribution >= 4 is 11.9 Å². The summed E-state index contributed by atoms with van der Waals surface area (Å²) in [6.45, 7) is 1.83. The molecular formula is C19H18F4N4O5. The summed E-state index contributed by atoms with van der Waals surface area (Å²) in [5.41, 5.74) is -0.435. The summed E-state index contributed by atoms with van der Waals surface area (Å²) in [6.07, 6.45) is 0.293. The fraction of sp³-hybridized carbons (Fsp3) is 0.421. The van der Waals surface area contributed by atoms with Crippen molar-refractivity contribution in [1.29, 1.82) is 0 Å². The van der Waals surface area contributed by atoms with E-state index in [-0.39, 0.29) is 23.5 Å². The third-order valence-corrected chi connectivity index (χ3v) is 4.95. The van der Waals surface area contributed by atoms with Gasteiger partial charge in [-0.2, -0.15) is 13.2 Å². The van der Waals surface area contributed by atoms with Gasteiger partial charge in [0.25, 0.3) is 5.91 Å². The van der Waals surface area contributed by atoms with E-state index in [9.17, 15) is 22.4 Å². The van der Waals surface area contributed by atoms with E-state index >= 15 is 0 Å². The van der Waals surface area contributed by atoms with Gasteiger partial charge in [-0.3, -0.25) is 4.79 Å². The number of aliphatic carboxylic acids is 1. The molecule has 1 spiro atoms. The van der Waals surface area contributed by atoms with Crippen LogP contribution in [-0.4, -0.2) is 74.9 Å². The normalized spacial score (nSPS) is 19.0. The highest BCUT2D eigenvalue weighted by molar-refractivity contribution is 5.91. The molecule has 0 aromatic carbocycles. The Labute approximate surface area is 179 Å². The van der Waals surface area contributed by atoms with Gasteiger partial charge in [0.2, 0.25) is 11.7 Å². The molecule has 4 rings (SSSR count). The van der Waals surface area contributed by atoms with E-state index in [0.29, 0.717) is 26.3 Å². The van der Waals surface area contributed by atoms with Crippen molar-refractivity contribution in [3.05, 3.63) is 48.4 Å². The van der Waals surface area contributed by atoms with Gasteiger partial charge in [-0.1, -0.05) is 0 Å². The summed E-state index contributed by atoms with van der Waals surface area (Å²) >= 11 is 0. The van der Waals surface area contributed by atoms with E-state index in [4.69, 9.17) is 19.4 Å². The molecule has 0 radical (unpaired) electrons. The van der Waals surface area contributed by atoms with Gasteiger partial charge in [0.1, 0.15) is 5.60 Å². The Kier molecular flexibility index (Phi) is 6.87. The number of rotatable bonds is 4. The number of aromatic nitrogens is 3. The molecule has 2 aromatic heterocycles. The van der Waals surface area contributed by atoms with Gasteiger partial charge in [-0.15, -0.1) is 0 Å². The minimum absolute atomic E-state index is 0.00510. The van der Waals surface area contributed by atoms with Crippen LogP contribution in [0.15, 0.2) is 36.8 Å². The van der Waals surface area contributed by atoms with Crippen LogP contribution in [0, 0.1) is 11.7 Å². The van der Waals surface area contributed by atoms with Gasteiger partial charge < -0.3 is 19.5 Å². The molecule has 1 unspecified atom stereocenters. The number of ether oxygens (including phenoxy) is 2. The highest BCUT2D eigenvalue weighted by Crippen LogP contribution is 2.40. The van der Waals surface area contributed by atoms with Crippen LogP contribution in [0.25, 0.3) is 0 Å². The number of carboxylic acid groups (broad SMARTS) is 1. The lowest BCUT2D eigenvalue weighted by molar-refractivity contribution is -0.192. The Bertz CT molecular complexity index is 954. The van der Waals surface area contributed by atoms with Gasteiger partial charge >= 0.3 is 12.1 Å². The molecule has 1 atom stereocenters. The molecule has 4 heterocycles. The number of pyridine rings is 1. The second-order valence-electron chi connectivity index (χ2n) is 7.04. The summed E-state index contributed by atoms with van der Waals surface area (Å²) in [7, 11) is 0. The van der Waals surface area contributed by atoms with Crippen molar-refractivity contribution in [2.75, 3.05) is 26.3 Å². The maximum atomic E-state index is 13.6. The van der Waals surface area contributed by atoms with Gasteiger partial charge in [-0.05, 0) is 24.6 Å². The molecule has 172 valence electrons. The largest absolute Gasteiger partial charge is 0.490 e. The molecule has 32 heavy (non-hydrogen) atoms. The number of alkyl halides is 3. The molecule has 0 bridgehead atoms. The number of carboxylic acids is 1. The highest BCUT2D eigenvalue weighted by atomic mass is 19.4. The van der Waals surface area contributed by atoms with E-state index in [1.165, 1.54) is 18.3 Å². The Morgan fingerprint density at radius 2 is 1.81 bits per heavy atom. The third-order valence-electron chi connectivity index (χ3n) is 4.95. The van der Waals surface area contributed by atoms with Crippen molar-refractivity contribution in [2.45, 2.75) is 18.2 Å². The van der Waals surface area contributed by atoms with Crippen LogP contribution in [0.1, 0.15) is 17.0 Å². The van der Waals surface area contributed by atoms with Crippen LogP contribution in [0.5, 0.6) is 5.88 Å². The number of hydrogen-bond donors (Lipinski definition) is 1. The zero-order chi connectivity index (χ0) is 23.4. The van der Waals surface area contributed by atoms with E-state index in [1.807, 2.05) is 0 Å². The standard InChI is InChI=1S/C17H17FN4O3.C2HF3O2/c18-13-3-1-5-21-15(13)24-9-12-4-8-25-17(12)10-22(11-17)16(23)14-19-6-2-7-20-14;3-2(4,5)1(6)7/h1-3,5-7,12H,4,8-11H2;(H,6,7). The van der Waals surface area contributed by atoms with E-state index in [0.717, 1.165) is 6.42 Å². The van der Waals surface area contributed by atoms with Gasteiger partial charge in [0.15, 0.2) is 5.82 Å². The number of likely N-dealkylation sites (tertiary alicyclic amines) is 1. The lowest BCUT2D eigenvalue weighted by atomic mass is 9.81. The number of amides is 1. The first-order chi connectivity index (χ1) is 15.1. The van der Waals surface area contributed by atoms with Crippen molar-refractivity contribution < 1.29 is 41.7 Å². The quantitative estimate of drug-likeness (QED) is 0.692. The van der Waals surface area contributed by atoms with Crippen molar-refractivity contribution in [3.8, 4) is 5.88 Å². The molecule has 1 N–H and O–H groups in total. The van der Waals surface area contributed by atoms with Crippen LogP contribution in [-0.2, 0) is 9.53 Å². The molecule has 0 aliphatic carbocycles. The SMILES string of the molecule is O=C(O)C(F)(F)F.O=C(c1ncccn1)N1CC2(C1)OCCC2COc1ncccc1F. The molecule has 0 saturated carbocycles. The molecule has 2 fully saturated rings. The number of carbonyl (C=O) groups is 2. The van der Waals surface area contributed by atoms with Crippen LogP contribution >= 0.6 is 0 Å². The van der Waals surface area contributed by atoms with Crippen molar-refractivity contribution in [1.82, 2.24) is 19.9 Å². The van der Waals surface area contributed by atoms with Gasteiger partial charge in [0, 0.05) is 31.1 Å². The molecule has 2 aliphatic heterocycles. The molecule has 2 aliphatic rings. The van der Waals surface area contributed by atoms with Gasteiger partial charge in [-0.25, -0.2) is 24.1 Å². The zero-order valence-electron chi connectivity index (χ0n) is 16.5. The Balaban J connectivity index is 0.000000360. The van der Waals surface area contributed by atoms with Gasteiger partial charge in [0.05, 0.1) is 19.7 Å². The van der Waals surface area contributed by atoms with Crippen LogP contribution in [0.2, 0.25) is 0 Å². The fourth-order valence-corrected chi connectivity index (χ4v) is 3.32. The topological polar surface area (TPSA) is 115 Å². The number of halogens is 4. The minimum atomic E-state index is -5.08. The fourth-order valence-electron chi connectivity index (χ4n) is 3.32. The lowest BCUT2D eigenvalue weighted by Crippen LogP contribution is -2.66. The molecular weight excluding hydrogens is 440 g/mol. The summed E-state index contributed by atoms with van der Waals surface area (Å²) in [5, 5.41) is 7.12. The highest BCUT2D eigenvalue weighted by Gasteiger charge is 2.55. The van der Waals surface area contributed by atoms with E-state index in [2.05, 4.69) is 15.0 Å². The second kappa shape index (κ2) is 9.42. The smallest absolute Gasteiger partial charge is 0.475 e. The summed E-state index contributed by atoms with van der Waals surface area (Å²) in [5.74, 6) is -3.20. The Hall–Kier alpha value is -3.35. The first-order valence-electron chi connectivity index (χ1n) is 9.36. The van der Waals surface area contributed by atoms with Crippen molar-refractivity contribution in [2.24, 2.45) is 5.92 Å². The predicted octanol–water partition coefficient (Wildman–Crippen LogP) is 1.95. The second-order valence-corrected chi connectivity index (χ2v) is 7.04. The number of nitrogens with zero attached hydrogens (tertiary/aromatic N) is 4. The molecule has 13 heteroatoms. The first-order valence-corrected chi connectivity index (χ1v) is 9.36. The van der Waals surface area contributed by atoms with Crippen LogP contribution in [0.3, 0.4) is 0 Å². The lowest BCUT2D eigenvalue weighted by Gasteiger charge is -2.49. The Morgan fingerprint density at radius 3 is 2.41 bits per heavy atom. The molecule has 2 aromatic rings. The van der Waals surface area contributed by atoms with Crippen molar-refractivity contribution in [3.63, 3.8) is 0 Å². The maximum absolute atomic E-state index is 13.6. The van der Waals surface area contributed by atoms with Crippen LogP contribution in [0.4, 0.5) is 17.6 Å². The van der Waals surface area contributed by atoms with Crippen LogP contribution < -0.4 is 4.74 Å². The molecule has 1 amide bonds. The van der Waals surface area contributed by atoms with E-state index in [1.54, 1.807) is 23.4 Å². The van der Waals surface area contributed by atoms with E-state index < -0.39 is 23.6 Å². The summed E-state index contributed by atoms with van der Waals surface area (Å²) < 4.78 is 56.8. The predicted molar refractivity (Wildman–Crippen MR) is 98.1 cm³/mol. The maximum Gasteiger partial charge on any atom is 0.490 e. The summed E-state index contributed by atoms with van der Waals surface area (Å²) in [6, 6.07) is 4.49. The average Bonchev–Trinajstić information content (AvgIpc) is 3.16. The Morgan fingerprint density at radius 1 is 1.19 bits per heavy atom. The minimum Gasteiger partial charge on any atom is -0.475 e. The third kappa shape index (κ3) is 5.28. The first kappa shape index (κ1) is 23.3. The zero-order valence-corrected chi connectivity index (χ0v) is 16.5. The summed E-state index contributed by atoms with van der Waals surface area (Å²) in [4.78, 5) is 34.8. The molecule has 9 nitrogen and oxygen atoms in total. The number of carbonyl (C=O) groups excluding carboxylic acids is 1. The monoisotopic (exact) mass is 458 g/mol.